The van der Waals surface area contributed by atoms with Crippen LogP contribution in [0.3, 0.4) is 0 Å². The number of benzene rings is 2. The number of hydrogen-bond acceptors (Lipinski definition) is 9. The Hall–Kier alpha value is -4.40. The van der Waals surface area contributed by atoms with Gasteiger partial charge < -0.3 is 24.4 Å². The first-order chi connectivity index (χ1) is 26.6. The summed E-state index contributed by atoms with van der Waals surface area (Å²) in [7, 11) is 2.65. The second-order valence-corrected chi connectivity index (χ2v) is 18.7. The third-order valence-electron chi connectivity index (χ3n) is 11.9. The molecule has 2 aliphatic heterocycles. The number of rotatable bonds is 5. The van der Waals surface area contributed by atoms with E-state index in [4.69, 9.17) is 21.1 Å². The molecule has 3 amide bonds. The number of nitrogens with one attached hydrogen (secondary N) is 1. The lowest BCUT2D eigenvalue weighted by Crippen LogP contribution is -2.53. The number of hydrogen-bond donors (Lipinski definition) is 2. The molecule has 7 rings (SSSR count). The second kappa shape index (κ2) is 15.5. The van der Waals surface area contributed by atoms with E-state index in [1.807, 2.05) is 25.1 Å². The lowest BCUT2D eigenvalue weighted by molar-refractivity contribution is -0.137. The van der Waals surface area contributed by atoms with Crippen LogP contribution in [0.1, 0.15) is 77.3 Å². The fourth-order valence-corrected chi connectivity index (χ4v) is 11.0. The molecule has 1 aromatic heterocycles. The van der Waals surface area contributed by atoms with Crippen LogP contribution in [0.5, 0.6) is 11.6 Å². The molecular weight excluding hydrogens is 756 g/mol. The molecule has 6 atom stereocenters. The van der Waals surface area contributed by atoms with Crippen molar-refractivity contribution in [2.75, 3.05) is 51.6 Å². The van der Waals surface area contributed by atoms with Gasteiger partial charge >= 0.3 is 0 Å². The van der Waals surface area contributed by atoms with Crippen molar-refractivity contribution in [1.82, 2.24) is 19.4 Å². The van der Waals surface area contributed by atoms with Gasteiger partial charge in [0.25, 0.3) is 11.8 Å². The number of carbonyl (C=O) groups is 3. The highest BCUT2D eigenvalue weighted by atomic mass is 35.5. The van der Waals surface area contributed by atoms with Gasteiger partial charge in [-0.1, -0.05) is 36.7 Å². The van der Waals surface area contributed by atoms with E-state index in [1.54, 1.807) is 45.4 Å². The summed E-state index contributed by atoms with van der Waals surface area (Å²) in [6.07, 6.45) is 9.60. The fourth-order valence-electron chi connectivity index (χ4n) is 8.91. The van der Waals surface area contributed by atoms with Crippen molar-refractivity contribution in [3.05, 3.63) is 82.0 Å². The standard InChI is InChI=1S/C41H51ClN6O7S/c1-26-8-6-17-41(52,20-36(49)46(2)3)33-13-10-29(33)21-48-24-40(16-7-9-27-18-30(42)12-14-32(27)40)25-55-35-15-11-28(19-34(35)48)37(50)44-56(53,23-26)45-38(51)31-22-47(4)43-39(31)54-5/h6,11-12,14-15,17-19,22,26,29,33,52H,7-10,13,16,20-21,23-25H2,1-5H3,(H,44,45,50,51,53)/b17-6+/t26-,29-,33+,40-,41-,56?/m0/s1. The third kappa shape index (κ3) is 7.92. The molecular formula is C41H51ClN6O7S. The minimum Gasteiger partial charge on any atom is -0.490 e. The van der Waals surface area contributed by atoms with Gasteiger partial charge in [-0.3, -0.25) is 23.8 Å². The van der Waals surface area contributed by atoms with E-state index in [1.165, 1.54) is 34.0 Å². The number of methoxy groups -OCH3 is 1. The highest BCUT2D eigenvalue weighted by Crippen LogP contribution is 2.49. The van der Waals surface area contributed by atoms with Gasteiger partial charge in [0.2, 0.25) is 11.8 Å². The highest BCUT2D eigenvalue weighted by molar-refractivity contribution is 7.92. The van der Waals surface area contributed by atoms with Crippen LogP contribution in [0, 0.1) is 17.8 Å². The molecule has 2 aliphatic carbocycles. The second-order valence-electron chi connectivity index (χ2n) is 16.3. The molecule has 4 aliphatic rings. The number of fused-ring (bicyclic) bond motifs is 4. The summed E-state index contributed by atoms with van der Waals surface area (Å²) in [5.41, 5.74) is 1.50. The Labute approximate surface area is 333 Å². The van der Waals surface area contributed by atoms with Crippen LogP contribution in [-0.2, 0) is 33.6 Å². The lowest BCUT2D eigenvalue weighted by atomic mass is 9.63. The van der Waals surface area contributed by atoms with E-state index in [9.17, 15) is 23.7 Å². The van der Waals surface area contributed by atoms with Gasteiger partial charge in [0.05, 0.1) is 37.2 Å². The van der Waals surface area contributed by atoms with Crippen LogP contribution in [0.2, 0.25) is 5.02 Å². The molecule has 0 saturated heterocycles. The smallest absolute Gasteiger partial charge is 0.286 e. The number of anilines is 1. The van der Waals surface area contributed by atoms with E-state index in [0.29, 0.717) is 42.6 Å². The molecule has 1 unspecified atom stereocenters. The quantitative estimate of drug-likeness (QED) is 0.325. The summed E-state index contributed by atoms with van der Waals surface area (Å²) in [6.45, 7) is 3.37. The molecule has 1 saturated carbocycles. The normalized spacial score (nSPS) is 29.4. The van der Waals surface area contributed by atoms with Crippen LogP contribution in [0.25, 0.3) is 0 Å². The number of halogens is 1. The molecule has 3 aromatic rings. The van der Waals surface area contributed by atoms with Crippen molar-refractivity contribution < 1.29 is 33.2 Å². The maximum Gasteiger partial charge on any atom is 0.286 e. The van der Waals surface area contributed by atoms with Crippen LogP contribution >= 0.6 is 11.6 Å². The van der Waals surface area contributed by atoms with Crippen LogP contribution in [0.15, 0.2) is 59.1 Å². The Morgan fingerprint density at radius 2 is 2.00 bits per heavy atom. The van der Waals surface area contributed by atoms with Crippen LogP contribution in [0.4, 0.5) is 5.69 Å². The number of carbonyl (C=O) groups excluding carboxylic acids is 3. The zero-order valence-electron chi connectivity index (χ0n) is 32.6. The minimum absolute atomic E-state index is 0.0312. The van der Waals surface area contributed by atoms with Gasteiger partial charge in [-0.2, -0.15) is 0 Å². The van der Waals surface area contributed by atoms with Crippen molar-refractivity contribution >= 4 is 44.9 Å². The Bertz CT molecular complexity index is 2200. The molecule has 2 bridgehead atoms. The number of nitrogens with zero attached hydrogens (tertiary/aromatic N) is 5. The number of allylic oxidation sites excluding steroid dienone is 1. The van der Waals surface area contributed by atoms with Crippen molar-refractivity contribution in [2.24, 2.45) is 29.2 Å². The molecule has 0 radical (unpaired) electrons. The fraction of sp³-hybridized carbons (Fsp3) is 0.512. The topological polar surface area (TPSA) is 156 Å². The Kier molecular flexibility index (Phi) is 11.0. The first kappa shape index (κ1) is 39.8. The van der Waals surface area contributed by atoms with E-state index >= 15 is 0 Å². The predicted molar refractivity (Wildman–Crippen MR) is 215 cm³/mol. The third-order valence-corrected chi connectivity index (χ3v) is 14.1. The van der Waals surface area contributed by atoms with Crippen molar-refractivity contribution in [2.45, 2.75) is 62.9 Å². The summed E-state index contributed by atoms with van der Waals surface area (Å²) >= 11 is 6.47. The van der Waals surface area contributed by atoms with Crippen LogP contribution < -0.4 is 19.1 Å². The summed E-state index contributed by atoms with van der Waals surface area (Å²) in [5.74, 6) is -1.74. The van der Waals surface area contributed by atoms with Gasteiger partial charge in [-0.15, -0.1) is 9.46 Å². The number of aliphatic hydroxyl groups is 1. The van der Waals surface area contributed by atoms with Gasteiger partial charge in [-0.05, 0) is 97.7 Å². The molecule has 2 aromatic carbocycles. The summed E-state index contributed by atoms with van der Waals surface area (Å²) in [5, 5.41) is 17.3. The molecule has 1 fully saturated rings. The molecule has 2 N–H and O–H groups in total. The zero-order valence-corrected chi connectivity index (χ0v) is 34.2. The predicted octanol–water partition coefficient (Wildman–Crippen LogP) is 5.34. The monoisotopic (exact) mass is 806 g/mol. The number of aryl methyl sites for hydroxylation is 2. The van der Waals surface area contributed by atoms with Crippen molar-refractivity contribution in [1.29, 1.82) is 0 Å². The Balaban J connectivity index is 1.34. The van der Waals surface area contributed by atoms with Gasteiger partial charge in [0, 0.05) is 56.4 Å². The average Bonchev–Trinajstić information content (AvgIpc) is 3.44. The van der Waals surface area contributed by atoms with Crippen molar-refractivity contribution in [3.8, 4) is 11.6 Å². The van der Waals surface area contributed by atoms with E-state index in [0.717, 1.165) is 32.1 Å². The maximum atomic E-state index is 14.7. The zero-order chi connectivity index (χ0) is 40.0. The summed E-state index contributed by atoms with van der Waals surface area (Å²) in [6, 6.07) is 11.2. The molecule has 56 heavy (non-hydrogen) atoms. The Morgan fingerprint density at radius 1 is 1.20 bits per heavy atom. The summed E-state index contributed by atoms with van der Waals surface area (Å²) < 4.78 is 34.8. The van der Waals surface area contributed by atoms with E-state index in [2.05, 4.69) is 25.1 Å². The number of amides is 3. The highest BCUT2D eigenvalue weighted by Gasteiger charge is 2.49. The first-order valence-electron chi connectivity index (χ1n) is 19.2. The minimum atomic E-state index is -3.73. The van der Waals surface area contributed by atoms with E-state index in [-0.39, 0.29) is 58.3 Å². The Morgan fingerprint density at radius 3 is 2.73 bits per heavy atom. The molecule has 13 nitrogen and oxygen atoms in total. The first-order valence-corrected chi connectivity index (χ1v) is 21.3. The maximum absolute atomic E-state index is 14.7. The van der Waals surface area contributed by atoms with Crippen molar-refractivity contribution in [3.63, 3.8) is 0 Å². The number of aromatic nitrogens is 2. The number of ether oxygens (including phenoxy) is 2. The van der Waals surface area contributed by atoms with Gasteiger partial charge in [0.1, 0.15) is 21.2 Å². The molecule has 3 heterocycles. The van der Waals surface area contributed by atoms with Crippen LogP contribution in [-0.4, -0.2) is 94.0 Å². The largest absolute Gasteiger partial charge is 0.490 e. The molecule has 1 spiro atoms. The average molecular weight is 807 g/mol. The summed E-state index contributed by atoms with van der Waals surface area (Å²) in [4.78, 5) is 44.7. The SMILES string of the molecule is COc1nn(C)cc1C(=O)NS1(=O)=NC(=O)c2ccc3c(c2)N(C[C@@H]2CC[C@H]2[C@@](O)(CC(=O)N(C)C)/C=C/C[C@H](C)C1)C[C@@]1(CCCc2cc(Cl)ccc21)CO3. The molecule has 15 heteroatoms. The molecule has 300 valence electrons. The lowest BCUT2D eigenvalue weighted by Gasteiger charge is -2.49. The van der Waals surface area contributed by atoms with Gasteiger partial charge in [0.15, 0.2) is 0 Å². The van der Waals surface area contributed by atoms with E-state index < -0.39 is 27.3 Å². The van der Waals surface area contributed by atoms with Gasteiger partial charge in [-0.25, -0.2) is 4.21 Å².